The number of piperazine rings is 1. The Morgan fingerprint density at radius 2 is 1.90 bits per heavy atom. The Morgan fingerprint density at radius 1 is 1.17 bits per heavy atom. The predicted molar refractivity (Wildman–Crippen MR) is 119 cm³/mol. The van der Waals surface area contributed by atoms with Gasteiger partial charge >= 0.3 is 0 Å². The summed E-state index contributed by atoms with van der Waals surface area (Å²) in [5.74, 6) is 0.768. The second-order valence-corrected chi connectivity index (χ2v) is 7.37. The molecule has 3 rings (SSSR count). The standard InChI is InChI=1S/C23H28ClN3O2/c1-29-22-11-5-2-7-19(22)8-6-14-27(18-17-26-15-12-25-13-16-26)23(28)20-9-3-4-10-21(20)24/h2-11,25H,12-18H2,1H3. The molecule has 0 aromatic heterocycles. The van der Waals surface area contributed by atoms with E-state index in [9.17, 15) is 4.79 Å². The van der Waals surface area contributed by atoms with Gasteiger partial charge in [-0.2, -0.15) is 0 Å². The first-order valence-corrected chi connectivity index (χ1v) is 10.3. The average molecular weight is 414 g/mol. The lowest BCUT2D eigenvalue weighted by molar-refractivity contribution is 0.0752. The van der Waals surface area contributed by atoms with Crippen molar-refractivity contribution < 1.29 is 9.53 Å². The molecule has 0 spiro atoms. The lowest BCUT2D eigenvalue weighted by Gasteiger charge is -2.30. The SMILES string of the molecule is COc1ccccc1C=CCN(CCN1CCNCC1)C(=O)c1ccccc1Cl. The predicted octanol–water partition coefficient (Wildman–Crippen LogP) is 3.41. The minimum Gasteiger partial charge on any atom is -0.496 e. The summed E-state index contributed by atoms with van der Waals surface area (Å²) in [7, 11) is 1.66. The van der Waals surface area contributed by atoms with Crippen molar-refractivity contribution >= 4 is 23.6 Å². The normalized spacial score (nSPS) is 14.8. The largest absolute Gasteiger partial charge is 0.496 e. The number of carbonyl (C=O) groups is 1. The molecule has 0 aliphatic carbocycles. The molecule has 6 heteroatoms. The van der Waals surface area contributed by atoms with Gasteiger partial charge in [-0.1, -0.05) is 54.1 Å². The third-order valence-corrected chi connectivity index (χ3v) is 5.38. The summed E-state index contributed by atoms with van der Waals surface area (Å²) in [5.41, 5.74) is 1.53. The Labute approximate surface area is 177 Å². The molecule has 1 amide bonds. The van der Waals surface area contributed by atoms with Gasteiger partial charge in [-0.15, -0.1) is 0 Å². The van der Waals surface area contributed by atoms with E-state index >= 15 is 0 Å². The maximum Gasteiger partial charge on any atom is 0.255 e. The van der Waals surface area contributed by atoms with Crippen LogP contribution in [-0.4, -0.2) is 68.6 Å². The van der Waals surface area contributed by atoms with Crippen molar-refractivity contribution in [1.29, 1.82) is 0 Å². The summed E-state index contributed by atoms with van der Waals surface area (Å²) in [6, 6.07) is 15.1. The molecular weight excluding hydrogens is 386 g/mol. The van der Waals surface area contributed by atoms with Crippen molar-refractivity contribution in [3.63, 3.8) is 0 Å². The van der Waals surface area contributed by atoms with Gasteiger partial charge in [-0.05, 0) is 18.2 Å². The Kier molecular flexibility index (Phi) is 8.11. The van der Waals surface area contributed by atoms with Crippen LogP contribution in [0.25, 0.3) is 6.08 Å². The van der Waals surface area contributed by atoms with Gasteiger partial charge in [-0.25, -0.2) is 0 Å². The third kappa shape index (κ3) is 6.07. The number of amides is 1. The van der Waals surface area contributed by atoms with E-state index in [-0.39, 0.29) is 5.91 Å². The Balaban J connectivity index is 1.71. The van der Waals surface area contributed by atoms with Gasteiger partial charge in [-0.3, -0.25) is 9.69 Å². The zero-order valence-corrected chi connectivity index (χ0v) is 17.6. The highest BCUT2D eigenvalue weighted by Gasteiger charge is 2.19. The Bertz CT molecular complexity index is 834. The topological polar surface area (TPSA) is 44.8 Å². The van der Waals surface area contributed by atoms with Crippen LogP contribution in [0.15, 0.2) is 54.6 Å². The minimum absolute atomic E-state index is 0.0459. The van der Waals surface area contributed by atoms with E-state index in [2.05, 4.69) is 10.2 Å². The summed E-state index contributed by atoms with van der Waals surface area (Å²) < 4.78 is 5.40. The van der Waals surface area contributed by atoms with Crippen molar-refractivity contribution in [2.45, 2.75) is 0 Å². The molecule has 1 fully saturated rings. The molecule has 2 aromatic carbocycles. The van der Waals surface area contributed by atoms with Gasteiger partial charge in [0.1, 0.15) is 5.75 Å². The van der Waals surface area contributed by atoms with E-state index in [1.807, 2.05) is 53.5 Å². The van der Waals surface area contributed by atoms with Crippen LogP contribution in [0.4, 0.5) is 0 Å². The highest BCUT2D eigenvalue weighted by atomic mass is 35.5. The van der Waals surface area contributed by atoms with Gasteiger partial charge < -0.3 is 15.0 Å². The van der Waals surface area contributed by atoms with Crippen molar-refractivity contribution in [2.75, 3.05) is 52.9 Å². The van der Waals surface area contributed by atoms with Crippen LogP contribution in [0.1, 0.15) is 15.9 Å². The van der Waals surface area contributed by atoms with Crippen LogP contribution in [-0.2, 0) is 0 Å². The Hall–Kier alpha value is -2.34. The fourth-order valence-corrected chi connectivity index (χ4v) is 3.61. The molecular formula is C23H28ClN3O2. The van der Waals surface area contributed by atoms with Gasteiger partial charge in [0.25, 0.3) is 5.91 Å². The van der Waals surface area contributed by atoms with Crippen molar-refractivity contribution in [3.05, 3.63) is 70.8 Å². The highest BCUT2D eigenvalue weighted by molar-refractivity contribution is 6.33. The number of nitrogens with zero attached hydrogens (tertiary/aromatic N) is 2. The van der Waals surface area contributed by atoms with Crippen LogP contribution < -0.4 is 10.1 Å². The van der Waals surface area contributed by atoms with E-state index in [0.717, 1.165) is 44.0 Å². The maximum absolute atomic E-state index is 13.2. The summed E-state index contributed by atoms with van der Waals surface area (Å²) in [4.78, 5) is 17.4. The smallest absolute Gasteiger partial charge is 0.255 e. The number of rotatable bonds is 8. The van der Waals surface area contributed by atoms with Crippen LogP contribution in [0.5, 0.6) is 5.75 Å². The molecule has 29 heavy (non-hydrogen) atoms. The van der Waals surface area contributed by atoms with Crippen LogP contribution in [0.2, 0.25) is 5.02 Å². The van der Waals surface area contributed by atoms with E-state index in [1.165, 1.54) is 0 Å². The van der Waals surface area contributed by atoms with Crippen molar-refractivity contribution in [3.8, 4) is 5.75 Å². The summed E-state index contributed by atoms with van der Waals surface area (Å²) in [5, 5.41) is 3.84. The van der Waals surface area contributed by atoms with Gasteiger partial charge in [0.2, 0.25) is 0 Å². The van der Waals surface area contributed by atoms with Crippen molar-refractivity contribution in [1.82, 2.24) is 15.1 Å². The molecule has 0 atom stereocenters. The third-order valence-electron chi connectivity index (χ3n) is 5.05. The van der Waals surface area contributed by atoms with Gasteiger partial charge in [0.05, 0.1) is 17.7 Å². The molecule has 154 valence electrons. The van der Waals surface area contributed by atoms with E-state index < -0.39 is 0 Å². The van der Waals surface area contributed by atoms with Gasteiger partial charge in [0.15, 0.2) is 0 Å². The monoisotopic (exact) mass is 413 g/mol. The molecule has 0 bridgehead atoms. The first kappa shape index (κ1) is 21.4. The lowest BCUT2D eigenvalue weighted by Crippen LogP contribution is -2.47. The lowest BCUT2D eigenvalue weighted by atomic mass is 10.1. The van der Waals surface area contributed by atoms with E-state index in [0.29, 0.717) is 23.7 Å². The average Bonchev–Trinajstić information content (AvgIpc) is 2.77. The minimum atomic E-state index is -0.0459. The number of hydrogen-bond donors (Lipinski definition) is 1. The molecule has 0 saturated carbocycles. The fourth-order valence-electron chi connectivity index (χ4n) is 3.39. The van der Waals surface area contributed by atoms with Crippen molar-refractivity contribution in [2.24, 2.45) is 0 Å². The number of methoxy groups -OCH3 is 1. The molecule has 1 aliphatic rings. The first-order valence-electron chi connectivity index (χ1n) is 9.95. The zero-order valence-electron chi connectivity index (χ0n) is 16.8. The number of benzene rings is 2. The second kappa shape index (κ2) is 11.0. The maximum atomic E-state index is 13.2. The number of carbonyl (C=O) groups excluding carboxylic acids is 1. The highest BCUT2D eigenvalue weighted by Crippen LogP contribution is 2.20. The van der Waals surface area contributed by atoms with Crippen LogP contribution >= 0.6 is 11.6 Å². The number of nitrogens with one attached hydrogen (secondary N) is 1. The Morgan fingerprint density at radius 3 is 2.66 bits per heavy atom. The molecule has 1 saturated heterocycles. The molecule has 1 N–H and O–H groups in total. The summed E-state index contributed by atoms with van der Waals surface area (Å²) in [6.45, 7) is 6.00. The molecule has 0 radical (unpaired) electrons. The fraction of sp³-hybridized carbons (Fsp3) is 0.348. The zero-order chi connectivity index (χ0) is 20.5. The molecule has 5 nitrogen and oxygen atoms in total. The van der Waals surface area contributed by atoms with E-state index in [1.54, 1.807) is 19.2 Å². The summed E-state index contributed by atoms with van der Waals surface area (Å²) in [6.07, 6.45) is 4.00. The second-order valence-electron chi connectivity index (χ2n) is 6.97. The number of para-hydroxylation sites is 1. The summed E-state index contributed by atoms with van der Waals surface area (Å²) >= 11 is 6.28. The number of ether oxygens (including phenoxy) is 1. The molecule has 0 unspecified atom stereocenters. The van der Waals surface area contributed by atoms with Gasteiger partial charge in [0, 0.05) is 51.4 Å². The first-order chi connectivity index (χ1) is 14.2. The van der Waals surface area contributed by atoms with Crippen LogP contribution in [0, 0.1) is 0 Å². The van der Waals surface area contributed by atoms with Crippen LogP contribution in [0.3, 0.4) is 0 Å². The van der Waals surface area contributed by atoms with E-state index in [4.69, 9.17) is 16.3 Å². The quantitative estimate of drug-likeness (QED) is 0.720. The molecule has 1 heterocycles. The molecule has 2 aromatic rings. The number of hydrogen-bond acceptors (Lipinski definition) is 4. The molecule has 1 aliphatic heterocycles. The number of halogens is 1.